The number of nitrogens with zero attached hydrogens (tertiary/aromatic N) is 6. The zero-order valence-electron chi connectivity index (χ0n) is 20.3. The number of hydrogen-bond donors (Lipinski definition) is 0. The summed E-state index contributed by atoms with van der Waals surface area (Å²) in [5.74, 6) is -0.221. The zero-order chi connectivity index (χ0) is 24.5. The van der Waals surface area contributed by atoms with E-state index in [2.05, 4.69) is 30.9 Å². The summed E-state index contributed by atoms with van der Waals surface area (Å²) in [6.07, 6.45) is 12.1. The van der Waals surface area contributed by atoms with Gasteiger partial charge in [-0.05, 0) is 44.2 Å². The molecular weight excluding hydrogens is 450 g/mol. The van der Waals surface area contributed by atoms with Gasteiger partial charge in [0.05, 0.1) is 18.3 Å². The predicted molar refractivity (Wildman–Crippen MR) is 129 cm³/mol. The van der Waals surface area contributed by atoms with Crippen molar-refractivity contribution in [2.45, 2.75) is 64.0 Å². The maximum absolute atomic E-state index is 14.0. The van der Waals surface area contributed by atoms with Gasteiger partial charge < -0.3 is 9.30 Å². The average Bonchev–Trinajstić information content (AvgIpc) is 3.48. The van der Waals surface area contributed by atoms with Crippen molar-refractivity contribution in [2.24, 2.45) is 7.05 Å². The first kappa shape index (κ1) is 23.5. The average molecular weight is 481 g/mol. The number of halogens is 2. The van der Waals surface area contributed by atoms with E-state index in [1.54, 1.807) is 0 Å². The molecule has 4 aromatic rings. The second-order valence-electron chi connectivity index (χ2n) is 9.54. The fourth-order valence-electron chi connectivity index (χ4n) is 4.51. The number of benzene rings is 1. The van der Waals surface area contributed by atoms with Crippen LogP contribution < -0.4 is 0 Å². The van der Waals surface area contributed by atoms with Crippen molar-refractivity contribution >= 4 is 11.2 Å². The van der Waals surface area contributed by atoms with Crippen LogP contribution in [-0.2, 0) is 11.8 Å². The van der Waals surface area contributed by atoms with Crippen molar-refractivity contribution in [2.75, 3.05) is 6.61 Å². The smallest absolute Gasteiger partial charge is 0.181 e. The van der Waals surface area contributed by atoms with Gasteiger partial charge in [0.15, 0.2) is 5.65 Å². The van der Waals surface area contributed by atoms with E-state index in [0.29, 0.717) is 29.0 Å². The highest BCUT2D eigenvalue weighted by Gasteiger charge is 2.26. The van der Waals surface area contributed by atoms with Gasteiger partial charge in [-0.15, -0.1) is 0 Å². The molecule has 2 aliphatic rings. The maximum atomic E-state index is 14.0. The van der Waals surface area contributed by atoms with E-state index in [4.69, 9.17) is 4.74 Å². The molecule has 6 rings (SSSR count). The van der Waals surface area contributed by atoms with E-state index in [1.807, 2.05) is 31.7 Å². The van der Waals surface area contributed by atoms with Crippen molar-refractivity contribution in [1.29, 1.82) is 0 Å². The molecule has 1 aliphatic heterocycles. The van der Waals surface area contributed by atoms with Crippen LogP contribution in [0.1, 0.15) is 75.4 Å². The van der Waals surface area contributed by atoms with Gasteiger partial charge in [0.1, 0.15) is 35.0 Å². The molecule has 1 saturated carbocycles. The highest BCUT2D eigenvalue weighted by molar-refractivity contribution is 5.87. The topological polar surface area (TPSA) is 70.7 Å². The number of imidazole rings is 1. The molecule has 0 unspecified atom stereocenters. The Labute approximate surface area is 203 Å². The Morgan fingerprint density at radius 2 is 1.91 bits per heavy atom. The number of aromatic nitrogens is 6. The summed E-state index contributed by atoms with van der Waals surface area (Å²) in [5.41, 5.74) is 3.08. The largest absolute Gasteiger partial charge is 0.373 e. The standard InChI is InChI=1S/C15H14F2N4.C11H16N2O/c1-8(2)15-20-14-13(21(15)3)12(18-7-19-14)10-5-4-9(16)6-11(10)17;1-2-6-14-11(3-1)9-7-12-13(8-9)10-4-5-10/h4-8H,1-3H3;7-8,10-11H,1-6H2/t;11-/m.1/s1. The third-order valence-electron chi connectivity index (χ3n) is 6.50. The second kappa shape index (κ2) is 9.81. The number of rotatable bonds is 4. The molecule has 0 bridgehead atoms. The van der Waals surface area contributed by atoms with E-state index >= 15 is 0 Å². The Morgan fingerprint density at radius 3 is 2.60 bits per heavy atom. The molecule has 0 spiro atoms. The molecule has 3 aromatic heterocycles. The quantitative estimate of drug-likeness (QED) is 0.364. The molecule has 184 valence electrons. The lowest BCUT2D eigenvalue weighted by atomic mass is 10.0. The number of fused-ring (bicyclic) bond motifs is 1. The van der Waals surface area contributed by atoms with Gasteiger partial charge in [-0.2, -0.15) is 5.10 Å². The van der Waals surface area contributed by atoms with E-state index < -0.39 is 11.6 Å². The molecule has 0 radical (unpaired) electrons. The molecule has 1 atom stereocenters. The lowest BCUT2D eigenvalue weighted by molar-refractivity contribution is 0.0149. The highest BCUT2D eigenvalue weighted by atomic mass is 19.1. The molecule has 0 amide bonds. The monoisotopic (exact) mass is 480 g/mol. The van der Waals surface area contributed by atoms with Crippen LogP contribution in [0.3, 0.4) is 0 Å². The Hall–Kier alpha value is -3.20. The van der Waals surface area contributed by atoms with E-state index in [0.717, 1.165) is 24.9 Å². The fraction of sp³-hybridized carbons (Fsp3) is 0.462. The normalized spacial score (nSPS) is 18.1. The maximum Gasteiger partial charge on any atom is 0.181 e. The first-order valence-electron chi connectivity index (χ1n) is 12.2. The Bertz CT molecular complexity index is 1320. The lowest BCUT2D eigenvalue weighted by Crippen LogP contribution is -2.10. The molecule has 1 aromatic carbocycles. The van der Waals surface area contributed by atoms with Gasteiger partial charge >= 0.3 is 0 Å². The van der Waals surface area contributed by atoms with Gasteiger partial charge in [-0.1, -0.05) is 13.8 Å². The third kappa shape index (κ3) is 4.96. The Kier molecular flexibility index (Phi) is 6.60. The highest BCUT2D eigenvalue weighted by Crippen LogP contribution is 2.36. The van der Waals surface area contributed by atoms with Crippen molar-refractivity contribution in [3.8, 4) is 11.3 Å². The molecule has 9 heteroatoms. The third-order valence-corrected chi connectivity index (χ3v) is 6.50. The second-order valence-corrected chi connectivity index (χ2v) is 9.54. The summed E-state index contributed by atoms with van der Waals surface area (Å²) in [4.78, 5) is 12.8. The fourth-order valence-corrected chi connectivity index (χ4v) is 4.51. The summed E-state index contributed by atoms with van der Waals surface area (Å²) in [5, 5.41) is 4.39. The predicted octanol–water partition coefficient (Wildman–Crippen LogP) is 5.89. The molecule has 4 heterocycles. The summed E-state index contributed by atoms with van der Waals surface area (Å²) >= 11 is 0. The van der Waals surface area contributed by atoms with E-state index in [-0.39, 0.29) is 11.5 Å². The van der Waals surface area contributed by atoms with Crippen LogP contribution in [0.2, 0.25) is 0 Å². The van der Waals surface area contributed by atoms with E-state index in [1.165, 1.54) is 49.7 Å². The minimum atomic E-state index is -0.651. The summed E-state index contributed by atoms with van der Waals surface area (Å²) < 4.78 is 36.8. The number of aryl methyl sites for hydroxylation is 1. The van der Waals surface area contributed by atoms with Gasteiger partial charge in [0.2, 0.25) is 0 Å². The van der Waals surface area contributed by atoms with Crippen LogP contribution in [0.4, 0.5) is 8.78 Å². The van der Waals surface area contributed by atoms with Crippen LogP contribution in [0.5, 0.6) is 0 Å². The first-order chi connectivity index (χ1) is 16.9. The Morgan fingerprint density at radius 1 is 1.09 bits per heavy atom. The van der Waals surface area contributed by atoms with Crippen LogP contribution in [0.25, 0.3) is 22.4 Å². The lowest BCUT2D eigenvalue weighted by Gasteiger charge is -2.21. The van der Waals surface area contributed by atoms with Crippen LogP contribution >= 0.6 is 0 Å². The van der Waals surface area contributed by atoms with Crippen LogP contribution in [-0.4, -0.2) is 35.9 Å². The number of hydrogen-bond acceptors (Lipinski definition) is 5. The van der Waals surface area contributed by atoms with Crippen molar-refractivity contribution in [3.63, 3.8) is 0 Å². The summed E-state index contributed by atoms with van der Waals surface area (Å²) in [6.45, 7) is 4.96. The van der Waals surface area contributed by atoms with Crippen LogP contribution in [0.15, 0.2) is 36.9 Å². The molecule has 0 N–H and O–H groups in total. The summed E-state index contributed by atoms with van der Waals surface area (Å²) in [6, 6.07) is 4.14. The van der Waals surface area contributed by atoms with Crippen molar-refractivity contribution in [1.82, 2.24) is 29.3 Å². The molecule has 1 aliphatic carbocycles. The number of ether oxygens (including phenoxy) is 1. The SMILES string of the molecule is CC(C)c1nc2ncnc(-c3ccc(F)cc3F)c2n1C.c1nn(C2CC2)cc1[C@H]1CCCCO1. The summed E-state index contributed by atoms with van der Waals surface area (Å²) in [7, 11) is 1.85. The first-order valence-corrected chi connectivity index (χ1v) is 12.2. The molecule has 2 fully saturated rings. The van der Waals surface area contributed by atoms with Crippen LogP contribution in [0, 0.1) is 11.6 Å². The minimum absolute atomic E-state index is 0.204. The van der Waals surface area contributed by atoms with Gasteiger partial charge in [0, 0.05) is 43.0 Å². The van der Waals surface area contributed by atoms with E-state index in [9.17, 15) is 8.78 Å². The van der Waals surface area contributed by atoms with Gasteiger partial charge in [0.25, 0.3) is 0 Å². The van der Waals surface area contributed by atoms with Crippen molar-refractivity contribution < 1.29 is 13.5 Å². The minimum Gasteiger partial charge on any atom is -0.373 e. The molecular formula is C26H30F2N6O. The zero-order valence-corrected chi connectivity index (χ0v) is 20.3. The van der Waals surface area contributed by atoms with Crippen molar-refractivity contribution in [3.05, 3.63) is 59.9 Å². The van der Waals surface area contributed by atoms with Gasteiger partial charge in [-0.3, -0.25) is 4.68 Å². The molecule has 7 nitrogen and oxygen atoms in total. The molecule has 1 saturated heterocycles. The Balaban J connectivity index is 0.000000156. The van der Waals surface area contributed by atoms with Gasteiger partial charge in [-0.25, -0.2) is 23.7 Å². The molecule has 35 heavy (non-hydrogen) atoms.